The van der Waals surface area contributed by atoms with E-state index in [9.17, 15) is 8.42 Å². The van der Waals surface area contributed by atoms with E-state index in [0.717, 1.165) is 26.1 Å². The van der Waals surface area contributed by atoms with Crippen LogP contribution >= 0.6 is 0 Å². The van der Waals surface area contributed by atoms with E-state index in [-0.39, 0.29) is 5.25 Å². The fourth-order valence-corrected chi connectivity index (χ4v) is 4.52. The molecule has 0 aromatic carbocycles. The van der Waals surface area contributed by atoms with Gasteiger partial charge in [0.2, 0.25) is 0 Å². The molecule has 12 heavy (non-hydrogen) atoms. The molecule has 2 aliphatic heterocycles. The lowest BCUT2D eigenvalue weighted by Crippen LogP contribution is -2.26. The molecular weight excluding hydrogens is 174 g/mol. The largest absolute Gasteiger partial charge is 0.302 e. The Bertz CT molecular complexity index is 273. The molecule has 2 rings (SSSR count). The molecule has 0 radical (unpaired) electrons. The lowest BCUT2D eigenvalue weighted by molar-refractivity contribution is 0.339. The van der Waals surface area contributed by atoms with Crippen LogP contribution in [0.4, 0.5) is 0 Å². The van der Waals surface area contributed by atoms with Crippen molar-refractivity contribution in [3.05, 3.63) is 0 Å². The Morgan fingerprint density at radius 3 is 2.75 bits per heavy atom. The first-order valence-corrected chi connectivity index (χ1v) is 6.29. The molecule has 70 valence electrons. The number of hydrogen-bond acceptors (Lipinski definition) is 3. The van der Waals surface area contributed by atoms with Gasteiger partial charge in [0.05, 0.1) is 11.0 Å². The van der Waals surface area contributed by atoms with Gasteiger partial charge in [0.15, 0.2) is 9.84 Å². The fourth-order valence-electron chi connectivity index (χ4n) is 2.34. The van der Waals surface area contributed by atoms with Crippen molar-refractivity contribution < 1.29 is 8.42 Å². The summed E-state index contributed by atoms with van der Waals surface area (Å²) in [5, 5.41) is -0.0301. The highest BCUT2D eigenvalue weighted by Gasteiger charge is 2.45. The number of nitrogens with zero attached hydrogens (tertiary/aromatic N) is 1. The average molecular weight is 189 g/mol. The normalized spacial score (nSPS) is 40.1. The first-order valence-electron chi connectivity index (χ1n) is 4.57. The average Bonchev–Trinajstić information content (AvgIpc) is 2.53. The number of likely N-dealkylation sites (tertiary alicyclic amines) is 1. The van der Waals surface area contributed by atoms with Crippen LogP contribution < -0.4 is 0 Å². The van der Waals surface area contributed by atoms with Crippen LogP contribution in [0.3, 0.4) is 0 Å². The van der Waals surface area contributed by atoms with Crippen molar-refractivity contribution in [1.29, 1.82) is 0 Å². The number of sulfone groups is 1. The highest BCUT2D eigenvalue weighted by Crippen LogP contribution is 2.33. The fraction of sp³-hybridized carbons (Fsp3) is 1.00. The van der Waals surface area contributed by atoms with Crippen molar-refractivity contribution in [2.24, 2.45) is 5.92 Å². The molecule has 0 bridgehead atoms. The number of rotatable bonds is 1. The summed E-state index contributed by atoms with van der Waals surface area (Å²) in [5.41, 5.74) is 0. The van der Waals surface area contributed by atoms with E-state index in [0.29, 0.717) is 11.7 Å². The maximum atomic E-state index is 11.5. The first kappa shape index (κ1) is 8.51. The lowest BCUT2D eigenvalue weighted by atomic mass is 10.1. The van der Waals surface area contributed by atoms with Crippen LogP contribution in [0.2, 0.25) is 0 Å². The van der Waals surface area contributed by atoms with Gasteiger partial charge in [-0.2, -0.15) is 0 Å². The Balaban J connectivity index is 2.17. The maximum Gasteiger partial charge on any atom is 0.154 e. The summed E-state index contributed by atoms with van der Waals surface area (Å²) in [6, 6.07) is 0. The van der Waals surface area contributed by atoms with Crippen LogP contribution in [0, 0.1) is 5.92 Å². The molecular formula is C8H15NO2S. The second-order valence-electron chi connectivity index (χ2n) is 3.81. The molecule has 2 fully saturated rings. The summed E-state index contributed by atoms with van der Waals surface area (Å²) >= 11 is 0. The van der Waals surface area contributed by atoms with E-state index in [2.05, 4.69) is 11.8 Å². The maximum absolute atomic E-state index is 11.5. The van der Waals surface area contributed by atoms with E-state index < -0.39 is 9.84 Å². The Morgan fingerprint density at radius 2 is 2.17 bits per heavy atom. The van der Waals surface area contributed by atoms with Gasteiger partial charge in [0, 0.05) is 13.1 Å². The standard InChI is InChI=1S/C8H15NO2S/c1-2-9-5-7-3-4-12(10,11)8(7)6-9/h7-8H,2-6H2,1H3. The van der Waals surface area contributed by atoms with Crippen LogP contribution in [0.25, 0.3) is 0 Å². The van der Waals surface area contributed by atoms with Gasteiger partial charge in [0.25, 0.3) is 0 Å². The monoisotopic (exact) mass is 189 g/mol. The van der Waals surface area contributed by atoms with Gasteiger partial charge >= 0.3 is 0 Å². The Hall–Kier alpha value is -0.0900. The third-order valence-corrected chi connectivity index (χ3v) is 5.40. The zero-order valence-electron chi connectivity index (χ0n) is 7.36. The molecule has 0 aromatic rings. The van der Waals surface area contributed by atoms with Gasteiger partial charge in [-0.3, -0.25) is 0 Å². The molecule has 0 spiro atoms. The SMILES string of the molecule is CCN1CC2CCS(=O)(=O)C2C1. The Morgan fingerprint density at radius 1 is 1.42 bits per heavy atom. The summed E-state index contributed by atoms with van der Waals surface area (Å²) in [4.78, 5) is 2.24. The van der Waals surface area contributed by atoms with Gasteiger partial charge in [-0.25, -0.2) is 8.42 Å². The smallest absolute Gasteiger partial charge is 0.154 e. The summed E-state index contributed by atoms with van der Waals surface area (Å²) in [5.74, 6) is 0.870. The van der Waals surface area contributed by atoms with E-state index in [1.165, 1.54) is 0 Å². The van der Waals surface area contributed by atoms with Crippen LogP contribution in [-0.2, 0) is 9.84 Å². The van der Waals surface area contributed by atoms with Crippen LogP contribution in [0.1, 0.15) is 13.3 Å². The van der Waals surface area contributed by atoms with Gasteiger partial charge in [0.1, 0.15) is 0 Å². The third kappa shape index (κ3) is 1.17. The predicted octanol–water partition coefficient (Wildman–Crippen LogP) is 0.125. The summed E-state index contributed by atoms with van der Waals surface area (Å²) < 4.78 is 23.0. The van der Waals surface area contributed by atoms with E-state index in [1.807, 2.05) is 0 Å². The van der Waals surface area contributed by atoms with Crippen LogP contribution in [0.5, 0.6) is 0 Å². The van der Waals surface area contributed by atoms with Crippen molar-refractivity contribution in [2.75, 3.05) is 25.4 Å². The van der Waals surface area contributed by atoms with Crippen molar-refractivity contribution in [2.45, 2.75) is 18.6 Å². The van der Waals surface area contributed by atoms with Crippen molar-refractivity contribution in [3.8, 4) is 0 Å². The van der Waals surface area contributed by atoms with Gasteiger partial charge in [-0.1, -0.05) is 6.92 Å². The molecule has 2 heterocycles. The molecule has 2 saturated heterocycles. The quantitative estimate of drug-likeness (QED) is 0.588. The molecule has 2 atom stereocenters. The highest BCUT2D eigenvalue weighted by molar-refractivity contribution is 7.92. The molecule has 0 amide bonds. The minimum Gasteiger partial charge on any atom is -0.302 e. The highest BCUT2D eigenvalue weighted by atomic mass is 32.2. The van der Waals surface area contributed by atoms with Gasteiger partial charge in [-0.05, 0) is 18.9 Å². The summed E-state index contributed by atoms with van der Waals surface area (Å²) in [7, 11) is -2.71. The van der Waals surface area contributed by atoms with Crippen molar-refractivity contribution in [3.63, 3.8) is 0 Å². The first-order chi connectivity index (χ1) is 5.63. The minimum absolute atomic E-state index is 0.0301. The molecule has 2 aliphatic rings. The topological polar surface area (TPSA) is 37.4 Å². The zero-order valence-corrected chi connectivity index (χ0v) is 8.18. The zero-order chi connectivity index (χ0) is 8.77. The van der Waals surface area contributed by atoms with E-state index in [4.69, 9.17) is 0 Å². The van der Waals surface area contributed by atoms with Crippen LogP contribution in [0.15, 0.2) is 0 Å². The van der Waals surface area contributed by atoms with Crippen LogP contribution in [-0.4, -0.2) is 44.0 Å². The second kappa shape index (κ2) is 2.70. The Labute approximate surface area is 73.7 Å². The second-order valence-corrected chi connectivity index (χ2v) is 6.15. The molecule has 4 heteroatoms. The molecule has 0 N–H and O–H groups in total. The van der Waals surface area contributed by atoms with Crippen molar-refractivity contribution >= 4 is 9.84 Å². The molecule has 0 saturated carbocycles. The molecule has 2 unspecified atom stereocenters. The number of hydrogen-bond donors (Lipinski definition) is 0. The minimum atomic E-state index is -2.71. The van der Waals surface area contributed by atoms with Gasteiger partial charge in [-0.15, -0.1) is 0 Å². The predicted molar refractivity (Wildman–Crippen MR) is 47.8 cm³/mol. The molecule has 3 nitrogen and oxygen atoms in total. The van der Waals surface area contributed by atoms with Crippen molar-refractivity contribution in [1.82, 2.24) is 4.90 Å². The summed E-state index contributed by atoms with van der Waals surface area (Å²) in [6.45, 7) is 4.86. The lowest BCUT2D eigenvalue weighted by Gasteiger charge is -2.12. The molecule has 0 aliphatic carbocycles. The number of fused-ring (bicyclic) bond motifs is 1. The van der Waals surface area contributed by atoms with E-state index >= 15 is 0 Å². The molecule has 0 aromatic heterocycles. The van der Waals surface area contributed by atoms with Gasteiger partial charge < -0.3 is 4.90 Å². The third-order valence-electron chi connectivity index (χ3n) is 3.14. The summed E-state index contributed by atoms with van der Waals surface area (Å²) in [6.07, 6.45) is 0.892. The Kier molecular flexibility index (Phi) is 1.92. The van der Waals surface area contributed by atoms with E-state index in [1.54, 1.807) is 0 Å².